The number of allylic oxidation sites excluding steroid dienone is 1. The fourth-order valence-electron chi connectivity index (χ4n) is 1.45. The van der Waals surface area contributed by atoms with Gasteiger partial charge in [-0.3, -0.25) is 4.79 Å². The van der Waals surface area contributed by atoms with Gasteiger partial charge in [-0.1, -0.05) is 6.58 Å². The standard InChI is InChI=1S/C6H8N2.C6H9NO/c1-2-4-8-5-3-7-6-8;1-2-7-5-3-4-6(7)8/h2-6H,1H3;2H,1,3-5H2/p+1. The van der Waals surface area contributed by atoms with Crippen molar-refractivity contribution >= 4 is 12.2 Å². The normalized spacial score (nSPS) is 22.7. The van der Waals surface area contributed by atoms with E-state index >= 15 is 0 Å². The number of nitrogens with one attached hydrogen (secondary N) is 1. The maximum absolute atomic E-state index is 10.7. The minimum absolute atomic E-state index is 0.208. The van der Waals surface area contributed by atoms with Crippen LogP contribution in [0.4, 0.5) is 0 Å². The lowest BCUT2D eigenvalue weighted by Gasteiger charge is -2.05. The fraction of sp³-hybridized carbons (Fsp3) is 0.333. The molecule has 0 radical (unpaired) electrons. The summed E-state index contributed by atoms with van der Waals surface area (Å²) >= 11 is 0. The van der Waals surface area contributed by atoms with Crippen molar-refractivity contribution in [2.45, 2.75) is 19.8 Å². The number of rotatable bonds is 2. The summed E-state index contributed by atoms with van der Waals surface area (Å²) in [6.07, 6.45) is 12.9. The van der Waals surface area contributed by atoms with E-state index in [1.54, 1.807) is 17.3 Å². The number of carbonyl (C=O) groups is 1. The lowest BCUT2D eigenvalue weighted by molar-refractivity contribution is -0.671. The third-order valence-electron chi connectivity index (χ3n) is 2.27. The lowest BCUT2D eigenvalue weighted by atomic mass is 10.4. The molecule has 0 aliphatic carbocycles. The number of amides is 1. The molecule has 0 bridgehead atoms. The first-order valence-electron chi connectivity index (χ1n) is 5.39. The third-order valence-corrected chi connectivity index (χ3v) is 2.27. The van der Waals surface area contributed by atoms with Crippen LogP contribution in [0, 0.1) is 0 Å². The molecule has 2 aliphatic heterocycles. The Hall–Kier alpha value is -1.68. The Morgan fingerprint density at radius 3 is 2.81 bits per heavy atom. The highest BCUT2D eigenvalue weighted by Crippen LogP contribution is 2.08. The number of nitrogens with zero attached hydrogens (tertiary/aromatic N) is 2. The van der Waals surface area contributed by atoms with Gasteiger partial charge in [-0.15, -0.1) is 0 Å². The van der Waals surface area contributed by atoms with Crippen LogP contribution in [0.5, 0.6) is 0 Å². The number of hydrogen-bond acceptors (Lipinski definition) is 2. The van der Waals surface area contributed by atoms with Crippen molar-refractivity contribution in [2.24, 2.45) is 4.99 Å². The van der Waals surface area contributed by atoms with Crippen LogP contribution in [0.25, 0.3) is 0 Å². The Bertz CT molecular complexity index is 319. The second kappa shape index (κ2) is 6.74. The van der Waals surface area contributed by atoms with Crippen LogP contribution in [-0.2, 0) is 4.79 Å². The molecule has 1 unspecified atom stereocenters. The first-order chi connectivity index (χ1) is 7.77. The molecule has 2 rings (SSSR count). The van der Waals surface area contributed by atoms with Gasteiger partial charge < -0.3 is 4.90 Å². The summed E-state index contributed by atoms with van der Waals surface area (Å²) < 4.78 is 0. The van der Waals surface area contributed by atoms with Crippen molar-refractivity contribution in [3.63, 3.8) is 0 Å². The first kappa shape index (κ1) is 12.4. The van der Waals surface area contributed by atoms with E-state index in [0.717, 1.165) is 13.0 Å². The van der Waals surface area contributed by atoms with E-state index in [2.05, 4.69) is 11.6 Å². The number of quaternary nitrogens is 1. The predicted molar refractivity (Wildman–Crippen MR) is 64.6 cm³/mol. The van der Waals surface area contributed by atoms with Crippen LogP contribution in [0.1, 0.15) is 19.8 Å². The molecule has 0 aromatic carbocycles. The molecule has 0 spiro atoms. The van der Waals surface area contributed by atoms with E-state index in [1.165, 1.54) is 4.90 Å². The number of aliphatic imine (C=N–C) groups is 1. The minimum Gasteiger partial charge on any atom is -0.320 e. The fourth-order valence-corrected chi connectivity index (χ4v) is 1.45. The molecule has 4 nitrogen and oxygen atoms in total. The van der Waals surface area contributed by atoms with Crippen molar-refractivity contribution in [3.8, 4) is 0 Å². The van der Waals surface area contributed by atoms with E-state index in [0.29, 0.717) is 6.42 Å². The molecule has 1 N–H and O–H groups in total. The number of likely N-dealkylation sites (tertiary alicyclic amines) is 1. The average molecular weight is 220 g/mol. The van der Waals surface area contributed by atoms with Gasteiger partial charge in [-0.2, -0.15) is 0 Å². The summed E-state index contributed by atoms with van der Waals surface area (Å²) in [5, 5.41) is 0. The van der Waals surface area contributed by atoms with Gasteiger partial charge in [0.1, 0.15) is 12.4 Å². The largest absolute Gasteiger partial charge is 0.320 e. The quantitative estimate of drug-likeness (QED) is 0.729. The Kier molecular flexibility index (Phi) is 5.22. The van der Waals surface area contributed by atoms with E-state index in [-0.39, 0.29) is 5.91 Å². The Balaban J connectivity index is 0.000000160. The highest BCUT2D eigenvalue weighted by molar-refractivity contribution is 5.78. The molecule has 0 saturated carbocycles. The topological polar surface area (TPSA) is 37.1 Å². The van der Waals surface area contributed by atoms with Crippen LogP contribution in [0.2, 0.25) is 0 Å². The summed E-state index contributed by atoms with van der Waals surface area (Å²) in [6.45, 7) is 6.35. The van der Waals surface area contributed by atoms with Crippen LogP contribution in [0.15, 0.2) is 42.4 Å². The molecule has 2 aliphatic rings. The van der Waals surface area contributed by atoms with E-state index in [4.69, 9.17) is 0 Å². The SMILES string of the molecule is C=CN1CCCC1=O.CC=C[NH+]1C=CN=C1. The zero-order valence-electron chi connectivity index (χ0n) is 9.60. The summed E-state index contributed by atoms with van der Waals surface area (Å²) in [4.78, 5) is 17.4. The van der Waals surface area contributed by atoms with E-state index in [9.17, 15) is 4.79 Å². The van der Waals surface area contributed by atoms with Crippen molar-refractivity contribution < 1.29 is 9.69 Å². The molecule has 4 heteroatoms. The molecule has 0 aromatic heterocycles. The Morgan fingerprint density at radius 2 is 2.44 bits per heavy atom. The molecule has 86 valence electrons. The third kappa shape index (κ3) is 3.82. The van der Waals surface area contributed by atoms with Gasteiger partial charge in [0.05, 0.1) is 6.20 Å². The Morgan fingerprint density at radius 1 is 1.62 bits per heavy atom. The lowest BCUT2D eigenvalue weighted by Crippen LogP contribution is -3.00. The van der Waals surface area contributed by atoms with Gasteiger partial charge in [0, 0.05) is 13.0 Å². The van der Waals surface area contributed by atoms with Gasteiger partial charge in [-0.25, -0.2) is 9.89 Å². The summed E-state index contributed by atoms with van der Waals surface area (Å²) in [7, 11) is 0. The van der Waals surface area contributed by atoms with Gasteiger partial charge in [0.25, 0.3) is 0 Å². The van der Waals surface area contributed by atoms with Gasteiger partial charge in [0.2, 0.25) is 5.91 Å². The highest BCUT2D eigenvalue weighted by atomic mass is 16.2. The summed E-state index contributed by atoms with van der Waals surface area (Å²) in [6, 6.07) is 0. The van der Waals surface area contributed by atoms with Gasteiger partial charge >= 0.3 is 0 Å². The minimum atomic E-state index is 0.208. The van der Waals surface area contributed by atoms with Crippen LogP contribution in [0.3, 0.4) is 0 Å². The molecule has 1 atom stereocenters. The number of carbonyl (C=O) groups excluding carboxylic acids is 1. The smallest absolute Gasteiger partial charge is 0.226 e. The molecule has 1 amide bonds. The zero-order chi connectivity index (χ0) is 11.8. The molecular formula is C12H18N3O+. The summed E-state index contributed by atoms with van der Waals surface area (Å²) in [5.74, 6) is 0.208. The molecule has 16 heavy (non-hydrogen) atoms. The van der Waals surface area contributed by atoms with Crippen LogP contribution in [-0.4, -0.2) is 23.7 Å². The average Bonchev–Trinajstić information content (AvgIpc) is 2.91. The van der Waals surface area contributed by atoms with Crippen molar-refractivity contribution in [1.82, 2.24) is 4.90 Å². The molecular weight excluding hydrogens is 202 g/mol. The second-order valence-electron chi connectivity index (χ2n) is 3.47. The van der Waals surface area contributed by atoms with Gasteiger partial charge in [0.15, 0.2) is 6.34 Å². The van der Waals surface area contributed by atoms with Crippen molar-refractivity contribution in [1.29, 1.82) is 0 Å². The molecule has 2 heterocycles. The molecule has 0 aromatic rings. The van der Waals surface area contributed by atoms with E-state index < -0.39 is 0 Å². The van der Waals surface area contributed by atoms with Crippen molar-refractivity contribution in [3.05, 3.63) is 37.5 Å². The second-order valence-corrected chi connectivity index (χ2v) is 3.47. The van der Waals surface area contributed by atoms with Gasteiger partial charge in [-0.05, 0) is 25.6 Å². The molecule has 1 saturated heterocycles. The van der Waals surface area contributed by atoms with Crippen LogP contribution < -0.4 is 4.90 Å². The number of hydrogen-bond donors (Lipinski definition) is 1. The maximum atomic E-state index is 10.7. The Labute approximate surface area is 96.3 Å². The first-order valence-corrected chi connectivity index (χ1v) is 5.39. The van der Waals surface area contributed by atoms with E-state index in [1.807, 2.05) is 31.7 Å². The van der Waals surface area contributed by atoms with Crippen molar-refractivity contribution in [2.75, 3.05) is 6.54 Å². The summed E-state index contributed by atoms with van der Waals surface area (Å²) in [5.41, 5.74) is 0. The van der Waals surface area contributed by atoms with Crippen LogP contribution >= 0.6 is 0 Å². The zero-order valence-corrected chi connectivity index (χ0v) is 9.60. The monoisotopic (exact) mass is 220 g/mol. The predicted octanol–water partition coefficient (Wildman–Crippen LogP) is 0.670. The highest BCUT2D eigenvalue weighted by Gasteiger charge is 2.15. The molecule has 1 fully saturated rings. The maximum Gasteiger partial charge on any atom is 0.226 e.